The third-order valence-electron chi connectivity index (χ3n) is 2.76. The van der Waals surface area contributed by atoms with Gasteiger partial charge in [0.2, 0.25) is 0 Å². The zero-order valence-corrected chi connectivity index (χ0v) is 10.9. The number of hydrogen-bond donors (Lipinski definition) is 1. The summed E-state index contributed by atoms with van der Waals surface area (Å²) in [4.78, 5) is 10.5. The minimum absolute atomic E-state index is 0.0124. The van der Waals surface area contributed by atoms with Crippen LogP contribution in [0.3, 0.4) is 0 Å². The number of hydrogen-bond acceptors (Lipinski definition) is 4. The first kappa shape index (κ1) is 14.4. The molecule has 18 heavy (non-hydrogen) atoms. The molecule has 0 saturated carbocycles. The molecular formula is C13H20N2O3. The van der Waals surface area contributed by atoms with Gasteiger partial charge in [-0.25, -0.2) is 0 Å². The van der Waals surface area contributed by atoms with E-state index in [9.17, 15) is 10.1 Å². The quantitative estimate of drug-likeness (QED) is 0.597. The first-order valence-electron chi connectivity index (χ1n) is 6.18. The molecule has 1 rings (SSSR count). The minimum atomic E-state index is -0.432. The van der Waals surface area contributed by atoms with Crippen LogP contribution < -0.4 is 10.5 Å². The molecular weight excluding hydrogens is 232 g/mol. The van der Waals surface area contributed by atoms with Gasteiger partial charge in [0.25, 0.3) is 0 Å². The molecule has 1 aromatic rings. The van der Waals surface area contributed by atoms with Gasteiger partial charge in [0.15, 0.2) is 5.75 Å². The molecule has 0 heterocycles. The Morgan fingerprint density at radius 2 is 2.22 bits per heavy atom. The fraction of sp³-hybridized carbons (Fsp3) is 0.538. The van der Waals surface area contributed by atoms with Crippen molar-refractivity contribution in [1.82, 2.24) is 0 Å². The van der Waals surface area contributed by atoms with Gasteiger partial charge >= 0.3 is 5.69 Å². The van der Waals surface area contributed by atoms with E-state index in [1.165, 1.54) is 6.07 Å². The third-order valence-corrected chi connectivity index (χ3v) is 2.76. The monoisotopic (exact) mass is 252 g/mol. The second-order valence-electron chi connectivity index (χ2n) is 4.47. The highest BCUT2D eigenvalue weighted by Gasteiger charge is 2.16. The number of rotatable bonds is 7. The highest BCUT2D eigenvalue weighted by atomic mass is 16.6. The molecule has 5 heteroatoms. The van der Waals surface area contributed by atoms with E-state index in [1.807, 2.05) is 0 Å². The SMILES string of the molecule is CCCC(C)COc1ccc(CN)cc1[N+](=O)[O-]. The summed E-state index contributed by atoms with van der Waals surface area (Å²) in [5, 5.41) is 10.9. The van der Waals surface area contributed by atoms with Crippen LogP contribution in [0.5, 0.6) is 5.75 Å². The maximum Gasteiger partial charge on any atom is 0.311 e. The van der Waals surface area contributed by atoms with Crippen LogP contribution in [0.2, 0.25) is 0 Å². The second kappa shape index (κ2) is 6.96. The van der Waals surface area contributed by atoms with E-state index in [2.05, 4.69) is 13.8 Å². The fourth-order valence-corrected chi connectivity index (χ4v) is 1.76. The van der Waals surface area contributed by atoms with Crippen molar-refractivity contribution in [2.45, 2.75) is 33.2 Å². The molecule has 5 nitrogen and oxygen atoms in total. The van der Waals surface area contributed by atoms with E-state index in [-0.39, 0.29) is 12.2 Å². The Balaban J connectivity index is 2.78. The van der Waals surface area contributed by atoms with Gasteiger partial charge in [-0.15, -0.1) is 0 Å². The summed E-state index contributed by atoms with van der Waals surface area (Å²) in [7, 11) is 0. The van der Waals surface area contributed by atoms with E-state index in [0.29, 0.717) is 18.3 Å². The summed E-state index contributed by atoms with van der Waals surface area (Å²) >= 11 is 0. The Bertz CT molecular complexity index is 407. The fourth-order valence-electron chi connectivity index (χ4n) is 1.76. The molecule has 0 amide bonds. The van der Waals surface area contributed by atoms with Crippen LogP contribution in [0, 0.1) is 16.0 Å². The number of ether oxygens (including phenoxy) is 1. The van der Waals surface area contributed by atoms with Crippen molar-refractivity contribution < 1.29 is 9.66 Å². The first-order valence-corrected chi connectivity index (χ1v) is 6.18. The lowest BCUT2D eigenvalue weighted by Crippen LogP contribution is -2.09. The summed E-state index contributed by atoms with van der Waals surface area (Å²) in [5.74, 6) is 0.712. The molecule has 1 aromatic carbocycles. The van der Waals surface area contributed by atoms with Crippen molar-refractivity contribution in [3.05, 3.63) is 33.9 Å². The Labute approximate surface area is 107 Å². The molecule has 2 N–H and O–H groups in total. The predicted molar refractivity (Wildman–Crippen MR) is 70.6 cm³/mol. The lowest BCUT2D eigenvalue weighted by Gasteiger charge is -2.12. The van der Waals surface area contributed by atoms with E-state index >= 15 is 0 Å². The van der Waals surface area contributed by atoms with Gasteiger partial charge in [-0.05, 0) is 24.0 Å². The molecule has 0 bridgehead atoms. The number of nitro benzene ring substituents is 1. The lowest BCUT2D eigenvalue weighted by atomic mass is 10.1. The number of nitrogens with two attached hydrogens (primary N) is 1. The average Bonchev–Trinajstić information content (AvgIpc) is 2.36. The topological polar surface area (TPSA) is 78.4 Å². The van der Waals surface area contributed by atoms with Crippen LogP contribution >= 0.6 is 0 Å². The number of nitrogens with zero attached hydrogens (tertiary/aromatic N) is 1. The van der Waals surface area contributed by atoms with Crippen molar-refractivity contribution in [3.8, 4) is 5.75 Å². The Hall–Kier alpha value is -1.62. The van der Waals surface area contributed by atoms with Crippen molar-refractivity contribution in [3.63, 3.8) is 0 Å². The maximum atomic E-state index is 10.9. The normalized spacial score (nSPS) is 12.2. The van der Waals surface area contributed by atoms with Gasteiger partial charge in [0.05, 0.1) is 11.5 Å². The average molecular weight is 252 g/mol. The second-order valence-corrected chi connectivity index (χ2v) is 4.47. The highest BCUT2D eigenvalue weighted by molar-refractivity contribution is 5.48. The van der Waals surface area contributed by atoms with E-state index in [1.54, 1.807) is 12.1 Å². The van der Waals surface area contributed by atoms with Gasteiger partial charge in [-0.1, -0.05) is 26.3 Å². The Morgan fingerprint density at radius 3 is 2.78 bits per heavy atom. The molecule has 0 spiro atoms. The molecule has 0 saturated heterocycles. The molecule has 0 aromatic heterocycles. The van der Waals surface area contributed by atoms with Crippen molar-refractivity contribution in [1.29, 1.82) is 0 Å². The largest absolute Gasteiger partial charge is 0.487 e. The summed E-state index contributed by atoms with van der Waals surface area (Å²) in [5.41, 5.74) is 6.19. The Kier molecular flexibility index (Phi) is 5.58. The number of benzene rings is 1. The molecule has 0 aliphatic heterocycles. The molecule has 1 unspecified atom stereocenters. The minimum Gasteiger partial charge on any atom is -0.487 e. The van der Waals surface area contributed by atoms with Crippen LogP contribution in [-0.4, -0.2) is 11.5 Å². The summed E-state index contributed by atoms with van der Waals surface area (Å²) in [6, 6.07) is 4.85. The van der Waals surface area contributed by atoms with Crippen molar-refractivity contribution in [2.24, 2.45) is 11.7 Å². The maximum absolute atomic E-state index is 10.9. The van der Waals surface area contributed by atoms with Gasteiger partial charge in [0, 0.05) is 12.6 Å². The zero-order chi connectivity index (χ0) is 13.5. The van der Waals surface area contributed by atoms with E-state index in [4.69, 9.17) is 10.5 Å². The summed E-state index contributed by atoms with van der Waals surface area (Å²) in [6.07, 6.45) is 2.13. The highest BCUT2D eigenvalue weighted by Crippen LogP contribution is 2.28. The summed E-state index contributed by atoms with van der Waals surface area (Å²) < 4.78 is 5.53. The lowest BCUT2D eigenvalue weighted by molar-refractivity contribution is -0.386. The summed E-state index contributed by atoms with van der Waals surface area (Å²) in [6.45, 7) is 4.96. The van der Waals surface area contributed by atoms with Gasteiger partial charge in [-0.3, -0.25) is 10.1 Å². The van der Waals surface area contributed by atoms with Gasteiger partial charge < -0.3 is 10.5 Å². The van der Waals surface area contributed by atoms with Crippen LogP contribution in [0.25, 0.3) is 0 Å². The van der Waals surface area contributed by atoms with Crippen molar-refractivity contribution >= 4 is 5.69 Å². The van der Waals surface area contributed by atoms with Crippen LogP contribution in [0.15, 0.2) is 18.2 Å². The Morgan fingerprint density at radius 1 is 1.50 bits per heavy atom. The van der Waals surface area contributed by atoms with Crippen LogP contribution in [-0.2, 0) is 6.54 Å². The first-order chi connectivity index (χ1) is 8.58. The molecule has 0 aliphatic rings. The van der Waals surface area contributed by atoms with Crippen LogP contribution in [0.4, 0.5) is 5.69 Å². The van der Waals surface area contributed by atoms with Gasteiger partial charge in [-0.2, -0.15) is 0 Å². The molecule has 0 radical (unpaired) electrons. The van der Waals surface area contributed by atoms with E-state index < -0.39 is 4.92 Å². The smallest absolute Gasteiger partial charge is 0.311 e. The predicted octanol–water partition coefficient (Wildman–Crippen LogP) is 2.87. The van der Waals surface area contributed by atoms with E-state index in [0.717, 1.165) is 18.4 Å². The molecule has 0 fully saturated rings. The number of nitro groups is 1. The third kappa shape index (κ3) is 4.00. The van der Waals surface area contributed by atoms with Gasteiger partial charge in [0.1, 0.15) is 0 Å². The molecule has 100 valence electrons. The molecule has 1 atom stereocenters. The standard InChI is InChI=1S/C13H20N2O3/c1-3-4-10(2)9-18-13-6-5-11(8-14)7-12(13)15(16)17/h5-7,10H,3-4,8-9,14H2,1-2H3. The van der Waals surface area contributed by atoms with Crippen LogP contribution in [0.1, 0.15) is 32.3 Å². The zero-order valence-electron chi connectivity index (χ0n) is 10.9. The van der Waals surface area contributed by atoms with Crippen molar-refractivity contribution in [2.75, 3.05) is 6.61 Å². The molecule has 0 aliphatic carbocycles.